The van der Waals surface area contributed by atoms with Crippen molar-refractivity contribution >= 4 is 21.6 Å². The molecular weight excluding hydrogens is 441 g/mol. The highest BCUT2D eigenvalue weighted by Gasteiger charge is 2.32. The van der Waals surface area contributed by atoms with Crippen molar-refractivity contribution in [3.05, 3.63) is 48.0 Å². The Hall–Kier alpha value is -2.83. The van der Waals surface area contributed by atoms with Crippen LogP contribution in [0, 0.1) is 0 Å². The number of carbonyl (C=O) groups is 1. The highest BCUT2D eigenvalue weighted by molar-refractivity contribution is 7.89. The molecule has 0 aromatic heterocycles. The van der Waals surface area contributed by atoms with Crippen molar-refractivity contribution in [3.63, 3.8) is 0 Å². The standard InChI is InChI=1S/C19H19F3N2O6S/c1-28-16-7-6-13(31(26,27)24-12-8-9-29-11-12)10-14(16)18(25)23-15-4-2-3-5-17(15)30-19(20,21)22/h2-7,10,12,24H,8-9,11H2,1H3,(H,23,25). The smallest absolute Gasteiger partial charge is 0.496 e. The third-order valence-corrected chi connectivity index (χ3v) is 5.86. The maximum atomic E-state index is 12.8. The summed E-state index contributed by atoms with van der Waals surface area (Å²) in [6.45, 7) is 0.668. The number of carbonyl (C=O) groups excluding carboxylic acids is 1. The summed E-state index contributed by atoms with van der Waals surface area (Å²) < 4.78 is 79.8. The Balaban J connectivity index is 1.88. The summed E-state index contributed by atoms with van der Waals surface area (Å²) in [6, 6.07) is 8.20. The van der Waals surface area contributed by atoms with Crippen molar-refractivity contribution in [2.75, 3.05) is 25.6 Å². The fourth-order valence-corrected chi connectivity index (χ4v) is 4.20. The minimum atomic E-state index is -4.96. The molecule has 1 fully saturated rings. The number of benzene rings is 2. The monoisotopic (exact) mass is 460 g/mol. The average Bonchev–Trinajstić information content (AvgIpc) is 3.20. The number of halogens is 3. The van der Waals surface area contributed by atoms with Crippen LogP contribution in [0.2, 0.25) is 0 Å². The molecule has 1 unspecified atom stereocenters. The highest BCUT2D eigenvalue weighted by Crippen LogP contribution is 2.31. The fraction of sp³-hybridized carbons (Fsp3) is 0.316. The van der Waals surface area contributed by atoms with Crippen LogP contribution in [0.4, 0.5) is 18.9 Å². The average molecular weight is 460 g/mol. The molecule has 0 spiro atoms. The van der Waals surface area contributed by atoms with E-state index in [1.54, 1.807) is 0 Å². The molecule has 1 aliphatic heterocycles. The van der Waals surface area contributed by atoms with E-state index in [0.717, 1.165) is 12.1 Å². The van der Waals surface area contributed by atoms with E-state index < -0.39 is 34.1 Å². The lowest BCUT2D eigenvalue weighted by Gasteiger charge is -2.16. The van der Waals surface area contributed by atoms with Crippen LogP contribution < -0.4 is 19.5 Å². The zero-order chi connectivity index (χ0) is 22.6. The molecule has 1 heterocycles. The van der Waals surface area contributed by atoms with Crippen LogP contribution in [0.5, 0.6) is 11.5 Å². The maximum absolute atomic E-state index is 12.8. The molecule has 0 radical (unpaired) electrons. The number of nitrogens with one attached hydrogen (secondary N) is 2. The number of ether oxygens (including phenoxy) is 3. The first-order valence-corrected chi connectivity index (χ1v) is 10.5. The van der Waals surface area contributed by atoms with Crippen LogP contribution in [-0.2, 0) is 14.8 Å². The lowest BCUT2D eigenvalue weighted by atomic mass is 10.1. The molecule has 1 amide bonds. The Morgan fingerprint density at radius 2 is 1.90 bits per heavy atom. The third-order valence-electron chi connectivity index (χ3n) is 4.34. The maximum Gasteiger partial charge on any atom is 0.573 e. The van der Waals surface area contributed by atoms with E-state index in [2.05, 4.69) is 14.8 Å². The van der Waals surface area contributed by atoms with E-state index in [1.807, 2.05) is 0 Å². The largest absolute Gasteiger partial charge is 0.573 e. The molecule has 1 saturated heterocycles. The summed E-state index contributed by atoms with van der Waals surface area (Å²) in [5.74, 6) is -1.46. The van der Waals surface area contributed by atoms with Crippen LogP contribution in [0.15, 0.2) is 47.4 Å². The number of methoxy groups -OCH3 is 1. The second kappa shape index (κ2) is 9.12. The summed E-state index contributed by atoms with van der Waals surface area (Å²) in [5, 5.41) is 2.30. The van der Waals surface area contributed by atoms with Gasteiger partial charge < -0.3 is 19.5 Å². The molecule has 31 heavy (non-hydrogen) atoms. The van der Waals surface area contributed by atoms with E-state index >= 15 is 0 Å². The SMILES string of the molecule is COc1ccc(S(=O)(=O)NC2CCOC2)cc1C(=O)Nc1ccccc1OC(F)(F)F. The summed E-state index contributed by atoms with van der Waals surface area (Å²) in [7, 11) is -2.70. The molecule has 0 saturated carbocycles. The van der Waals surface area contributed by atoms with Gasteiger partial charge in [-0.05, 0) is 36.8 Å². The minimum absolute atomic E-state index is 0.0369. The van der Waals surface area contributed by atoms with Gasteiger partial charge in [-0.2, -0.15) is 0 Å². The lowest BCUT2D eigenvalue weighted by molar-refractivity contribution is -0.274. The number of hydrogen-bond donors (Lipinski definition) is 2. The van der Waals surface area contributed by atoms with Crippen LogP contribution in [0.25, 0.3) is 0 Å². The second-order valence-corrected chi connectivity index (χ2v) is 8.26. The first-order chi connectivity index (χ1) is 14.6. The van der Waals surface area contributed by atoms with Gasteiger partial charge in [-0.3, -0.25) is 4.79 Å². The van der Waals surface area contributed by atoms with Crippen molar-refractivity contribution in [3.8, 4) is 11.5 Å². The van der Waals surface area contributed by atoms with Gasteiger partial charge in [-0.1, -0.05) is 12.1 Å². The predicted molar refractivity (Wildman–Crippen MR) is 104 cm³/mol. The number of hydrogen-bond acceptors (Lipinski definition) is 6. The quantitative estimate of drug-likeness (QED) is 0.659. The number of para-hydroxylation sites is 2. The lowest BCUT2D eigenvalue weighted by Crippen LogP contribution is -2.35. The van der Waals surface area contributed by atoms with Gasteiger partial charge in [-0.15, -0.1) is 13.2 Å². The number of amides is 1. The van der Waals surface area contributed by atoms with Gasteiger partial charge in [-0.25, -0.2) is 13.1 Å². The van der Waals surface area contributed by atoms with Crippen LogP contribution in [-0.4, -0.2) is 47.1 Å². The number of rotatable bonds is 7. The van der Waals surface area contributed by atoms with Gasteiger partial charge in [0, 0.05) is 12.6 Å². The van der Waals surface area contributed by atoms with Crippen molar-refractivity contribution in [1.29, 1.82) is 0 Å². The Morgan fingerprint density at radius 3 is 2.55 bits per heavy atom. The van der Waals surface area contributed by atoms with Gasteiger partial charge in [0.2, 0.25) is 10.0 Å². The molecule has 12 heteroatoms. The van der Waals surface area contributed by atoms with E-state index in [-0.39, 0.29) is 28.5 Å². The first-order valence-electron chi connectivity index (χ1n) is 9.03. The molecule has 1 atom stereocenters. The molecule has 2 aromatic rings. The first kappa shape index (κ1) is 22.8. The summed E-state index contributed by atoms with van der Waals surface area (Å²) in [6.07, 6.45) is -4.44. The van der Waals surface area contributed by atoms with Crippen molar-refractivity contribution in [2.24, 2.45) is 0 Å². The van der Waals surface area contributed by atoms with Crippen LogP contribution in [0.1, 0.15) is 16.8 Å². The van der Waals surface area contributed by atoms with E-state index in [0.29, 0.717) is 13.0 Å². The Bertz CT molecular complexity index is 1050. The predicted octanol–water partition coefficient (Wildman–Crippen LogP) is 2.91. The van der Waals surface area contributed by atoms with E-state index in [1.165, 1.54) is 37.4 Å². The molecule has 0 bridgehead atoms. The van der Waals surface area contributed by atoms with Crippen molar-refractivity contribution < 1.29 is 40.6 Å². The number of alkyl halides is 3. The number of sulfonamides is 1. The topological polar surface area (TPSA) is 103 Å². The molecule has 8 nitrogen and oxygen atoms in total. The molecule has 3 rings (SSSR count). The van der Waals surface area contributed by atoms with Crippen LogP contribution >= 0.6 is 0 Å². The normalized spacial score (nSPS) is 16.7. The van der Waals surface area contributed by atoms with Gasteiger partial charge >= 0.3 is 6.36 Å². The fourth-order valence-electron chi connectivity index (χ4n) is 2.92. The third kappa shape index (κ3) is 5.87. The summed E-state index contributed by atoms with van der Waals surface area (Å²) >= 11 is 0. The zero-order valence-corrected chi connectivity index (χ0v) is 17.0. The Kier molecular flexibility index (Phi) is 6.72. The summed E-state index contributed by atoms with van der Waals surface area (Å²) in [4.78, 5) is 12.6. The van der Waals surface area contributed by atoms with Crippen molar-refractivity contribution in [2.45, 2.75) is 23.7 Å². The van der Waals surface area contributed by atoms with Gasteiger partial charge in [0.25, 0.3) is 5.91 Å². The molecule has 0 aliphatic carbocycles. The molecule has 168 valence electrons. The zero-order valence-electron chi connectivity index (χ0n) is 16.2. The van der Waals surface area contributed by atoms with E-state index in [4.69, 9.17) is 9.47 Å². The van der Waals surface area contributed by atoms with Gasteiger partial charge in [0.1, 0.15) is 5.75 Å². The van der Waals surface area contributed by atoms with Crippen LogP contribution in [0.3, 0.4) is 0 Å². The molecule has 1 aliphatic rings. The molecular formula is C19H19F3N2O6S. The molecule has 2 aromatic carbocycles. The highest BCUT2D eigenvalue weighted by atomic mass is 32.2. The minimum Gasteiger partial charge on any atom is -0.496 e. The Labute approximate surface area is 176 Å². The Morgan fingerprint density at radius 1 is 1.16 bits per heavy atom. The molecule has 2 N–H and O–H groups in total. The number of anilines is 1. The summed E-state index contributed by atoms with van der Waals surface area (Å²) in [5.41, 5.74) is -0.434. The van der Waals surface area contributed by atoms with E-state index in [9.17, 15) is 26.4 Å². The van der Waals surface area contributed by atoms with Gasteiger partial charge in [0.05, 0.1) is 29.9 Å². The van der Waals surface area contributed by atoms with Crippen molar-refractivity contribution in [1.82, 2.24) is 4.72 Å². The second-order valence-electron chi connectivity index (χ2n) is 6.54. The van der Waals surface area contributed by atoms with Gasteiger partial charge in [0.15, 0.2) is 5.75 Å².